The van der Waals surface area contributed by atoms with Crippen LogP contribution in [0.15, 0.2) is 17.5 Å². The fraction of sp³-hybridized carbons (Fsp3) is 0.706. The molecule has 0 radical (unpaired) electrons. The Labute approximate surface area is 136 Å². The molecular formula is C17H26N2O2S. The average Bonchev–Trinajstić information content (AvgIpc) is 3.19. The van der Waals surface area contributed by atoms with Crippen molar-refractivity contribution in [2.24, 2.45) is 0 Å². The molecule has 2 fully saturated rings. The van der Waals surface area contributed by atoms with Crippen LogP contribution in [0.5, 0.6) is 0 Å². The van der Waals surface area contributed by atoms with Crippen molar-refractivity contribution in [3.8, 4) is 0 Å². The van der Waals surface area contributed by atoms with Crippen molar-refractivity contribution in [3.05, 3.63) is 22.4 Å². The molecular weight excluding hydrogens is 296 g/mol. The second kappa shape index (κ2) is 7.01. The lowest BCUT2D eigenvalue weighted by atomic mass is 9.73. The van der Waals surface area contributed by atoms with Crippen LogP contribution in [0.4, 0.5) is 4.79 Å². The first-order chi connectivity index (χ1) is 10.7. The van der Waals surface area contributed by atoms with Crippen LogP contribution in [-0.2, 0) is 10.2 Å². The van der Waals surface area contributed by atoms with Crippen LogP contribution < -0.4 is 10.6 Å². The summed E-state index contributed by atoms with van der Waals surface area (Å²) in [4.78, 5) is 13.6. The third-order valence-corrected chi connectivity index (χ3v) is 6.25. The molecule has 2 amide bonds. The third kappa shape index (κ3) is 3.46. The Hall–Kier alpha value is -1.07. The van der Waals surface area contributed by atoms with Gasteiger partial charge < -0.3 is 15.4 Å². The van der Waals surface area contributed by atoms with E-state index in [4.69, 9.17) is 4.74 Å². The number of carbonyl (C=O) groups excluding carboxylic acids is 1. The van der Waals surface area contributed by atoms with E-state index in [0.717, 1.165) is 19.6 Å². The van der Waals surface area contributed by atoms with Crippen LogP contribution >= 0.6 is 11.3 Å². The van der Waals surface area contributed by atoms with Crippen molar-refractivity contribution in [2.75, 3.05) is 13.2 Å². The number of hydrogen-bond acceptors (Lipinski definition) is 3. The van der Waals surface area contributed by atoms with Gasteiger partial charge in [0.25, 0.3) is 0 Å². The second-order valence-electron chi connectivity index (χ2n) is 6.62. The van der Waals surface area contributed by atoms with Crippen LogP contribution in [0.1, 0.15) is 50.3 Å². The normalized spacial score (nSPS) is 27.5. The summed E-state index contributed by atoms with van der Waals surface area (Å²) in [6.45, 7) is 3.50. The SMILES string of the molecule is C[C@H]1OCC[C@H]1NC(=O)NCC1(c2cccs2)CCCCC1. The molecule has 0 bridgehead atoms. The highest BCUT2D eigenvalue weighted by Crippen LogP contribution is 2.41. The largest absolute Gasteiger partial charge is 0.376 e. The molecule has 1 saturated carbocycles. The standard InChI is InChI=1S/C17H26N2O2S/c1-13-14(7-10-21-13)19-16(20)18-12-17(8-3-2-4-9-17)15-6-5-11-22-15/h5-6,11,13-14H,2-4,7-10,12H2,1H3,(H2,18,19,20)/t13-,14-/m1/s1. The fourth-order valence-electron chi connectivity index (χ4n) is 3.71. The summed E-state index contributed by atoms with van der Waals surface area (Å²) in [5.74, 6) is 0. The van der Waals surface area contributed by atoms with E-state index in [9.17, 15) is 4.79 Å². The minimum absolute atomic E-state index is 0.0520. The monoisotopic (exact) mass is 322 g/mol. The first-order valence-electron chi connectivity index (χ1n) is 8.40. The van der Waals surface area contributed by atoms with Crippen molar-refractivity contribution in [1.82, 2.24) is 10.6 Å². The van der Waals surface area contributed by atoms with Gasteiger partial charge >= 0.3 is 6.03 Å². The zero-order valence-electron chi connectivity index (χ0n) is 13.3. The Morgan fingerprint density at radius 2 is 2.23 bits per heavy atom. The van der Waals surface area contributed by atoms with Crippen molar-refractivity contribution in [1.29, 1.82) is 0 Å². The Morgan fingerprint density at radius 1 is 1.41 bits per heavy atom. The quantitative estimate of drug-likeness (QED) is 0.892. The summed E-state index contributed by atoms with van der Waals surface area (Å²) in [6, 6.07) is 4.43. The number of ether oxygens (including phenoxy) is 1. The summed E-state index contributed by atoms with van der Waals surface area (Å²) in [5, 5.41) is 8.33. The molecule has 1 aromatic rings. The fourth-order valence-corrected chi connectivity index (χ4v) is 4.70. The molecule has 1 saturated heterocycles. The lowest BCUT2D eigenvalue weighted by Crippen LogP contribution is -2.49. The van der Waals surface area contributed by atoms with E-state index in [0.29, 0.717) is 0 Å². The molecule has 1 aliphatic heterocycles. The second-order valence-corrected chi connectivity index (χ2v) is 7.56. The molecule has 0 unspecified atom stereocenters. The molecule has 2 atom stereocenters. The molecule has 3 rings (SSSR count). The summed E-state index contributed by atoms with van der Waals surface area (Å²) < 4.78 is 5.50. The Morgan fingerprint density at radius 3 is 2.86 bits per heavy atom. The average molecular weight is 322 g/mol. The molecule has 22 heavy (non-hydrogen) atoms. The van der Waals surface area contributed by atoms with E-state index in [1.165, 1.54) is 37.0 Å². The highest BCUT2D eigenvalue weighted by molar-refractivity contribution is 7.10. The molecule has 4 nitrogen and oxygen atoms in total. The molecule has 2 N–H and O–H groups in total. The molecule has 1 aromatic heterocycles. The first kappa shape index (κ1) is 15.8. The molecule has 2 aliphatic rings. The van der Waals surface area contributed by atoms with Crippen LogP contribution in [0, 0.1) is 0 Å². The van der Waals surface area contributed by atoms with Gasteiger partial charge in [-0.15, -0.1) is 11.3 Å². The third-order valence-electron chi connectivity index (χ3n) is 5.13. The number of nitrogens with one attached hydrogen (secondary N) is 2. The molecule has 0 spiro atoms. The molecule has 0 aromatic carbocycles. The van der Waals surface area contributed by atoms with Gasteiger partial charge in [-0.05, 0) is 37.6 Å². The minimum atomic E-state index is -0.0520. The van der Waals surface area contributed by atoms with Crippen LogP contribution in [0.2, 0.25) is 0 Å². The van der Waals surface area contributed by atoms with E-state index >= 15 is 0 Å². The summed E-state index contributed by atoms with van der Waals surface area (Å²) in [7, 11) is 0. The lowest BCUT2D eigenvalue weighted by molar-refractivity contribution is 0.114. The van der Waals surface area contributed by atoms with Gasteiger partial charge in [-0.1, -0.05) is 25.3 Å². The van der Waals surface area contributed by atoms with E-state index in [-0.39, 0.29) is 23.6 Å². The number of hydrogen-bond donors (Lipinski definition) is 2. The zero-order chi connectivity index (χ0) is 15.4. The van der Waals surface area contributed by atoms with Crippen LogP contribution in [0.3, 0.4) is 0 Å². The van der Waals surface area contributed by atoms with Crippen molar-refractivity contribution < 1.29 is 9.53 Å². The number of thiophene rings is 1. The Bertz CT molecular complexity index is 483. The van der Waals surface area contributed by atoms with Gasteiger partial charge in [-0.2, -0.15) is 0 Å². The van der Waals surface area contributed by atoms with E-state index in [2.05, 4.69) is 28.1 Å². The minimum Gasteiger partial charge on any atom is -0.376 e. The highest BCUT2D eigenvalue weighted by atomic mass is 32.1. The van der Waals surface area contributed by atoms with Gasteiger partial charge in [0.05, 0.1) is 12.1 Å². The molecule has 2 heterocycles. The van der Waals surface area contributed by atoms with Crippen LogP contribution in [0.25, 0.3) is 0 Å². The summed E-state index contributed by atoms with van der Waals surface area (Å²) >= 11 is 1.82. The van der Waals surface area contributed by atoms with Crippen molar-refractivity contribution in [2.45, 2.75) is 63.0 Å². The van der Waals surface area contributed by atoms with Gasteiger partial charge in [-0.3, -0.25) is 0 Å². The van der Waals surface area contributed by atoms with E-state index in [1.807, 2.05) is 18.3 Å². The maximum Gasteiger partial charge on any atom is 0.315 e. The summed E-state index contributed by atoms with van der Waals surface area (Å²) in [6.07, 6.45) is 7.21. The van der Waals surface area contributed by atoms with E-state index in [1.54, 1.807) is 0 Å². The smallest absolute Gasteiger partial charge is 0.315 e. The maximum absolute atomic E-state index is 12.2. The summed E-state index contributed by atoms with van der Waals surface area (Å²) in [5.41, 5.74) is 0.140. The first-order valence-corrected chi connectivity index (χ1v) is 9.28. The predicted molar refractivity (Wildman–Crippen MR) is 89.4 cm³/mol. The molecule has 122 valence electrons. The highest BCUT2D eigenvalue weighted by Gasteiger charge is 2.35. The molecule has 5 heteroatoms. The van der Waals surface area contributed by atoms with Gasteiger partial charge in [0.2, 0.25) is 0 Å². The van der Waals surface area contributed by atoms with Crippen molar-refractivity contribution >= 4 is 17.4 Å². The van der Waals surface area contributed by atoms with Gasteiger partial charge in [-0.25, -0.2) is 4.79 Å². The topological polar surface area (TPSA) is 50.4 Å². The van der Waals surface area contributed by atoms with Gasteiger partial charge in [0, 0.05) is 23.4 Å². The number of carbonyl (C=O) groups is 1. The van der Waals surface area contributed by atoms with Gasteiger partial charge in [0.1, 0.15) is 0 Å². The number of urea groups is 1. The zero-order valence-corrected chi connectivity index (χ0v) is 14.1. The van der Waals surface area contributed by atoms with Crippen molar-refractivity contribution in [3.63, 3.8) is 0 Å². The van der Waals surface area contributed by atoms with E-state index < -0.39 is 0 Å². The molecule has 1 aliphatic carbocycles. The predicted octanol–water partition coefficient (Wildman–Crippen LogP) is 3.43. The Balaban J connectivity index is 1.58. The maximum atomic E-state index is 12.2. The van der Waals surface area contributed by atoms with Crippen LogP contribution in [-0.4, -0.2) is 31.3 Å². The van der Waals surface area contributed by atoms with Gasteiger partial charge in [0.15, 0.2) is 0 Å². The number of amides is 2. The number of rotatable bonds is 4. The Kier molecular flexibility index (Phi) is 5.03. The lowest BCUT2D eigenvalue weighted by Gasteiger charge is -2.37.